The van der Waals surface area contributed by atoms with Gasteiger partial charge in [-0.3, -0.25) is 9.36 Å². The molecule has 40 heavy (non-hydrogen) atoms. The lowest BCUT2D eigenvalue weighted by molar-refractivity contribution is -0.139. The van der Waals surface area contributed by atoms with Crippen LogP contribution in [0.1, 0.15) is 31.0 Å². The molecule has 0 spiro atoms. The maximum atomic E-state index is 13.9. The molecule has 9 nitrogen and oxygen atoms in total. The summed E-state index contributed by atoms with van der Waals surface area (Å²) in [6.45, 7) is 3.55. The fraction of sp³-hybridized carbons (Fsp3) is 0.250. The molecule has 0 unspecified atom stereocenters. The van der Waals surface area contributed by atoms with Crippen molar-refractivity contribution in [3.63, 3.8) is 0 Å². The number of benzene rings is 2. The number of hydrogen-bond donors (Lipinski definition) is 1. The van der Waals surface area contributed by atoms with Crippen molar-refractivity contribution < 1.29 is 28.8 Å². The third kappa shape index (κ3) is 5.47. The molecule has 1 atom stereocenters. The molecule has 0 saturated carbocycles. The van der Waals surface area contributed by atoms with Crippen LogP contribution in [0.2, 0.25) is 5.02 Å². The van der Waals surface area contributed by atoms with E-state index in [1.54, 1.807) is 32.1 Å². The lowest BCUT2D eigenvalue weighted by Crippen LogP contribution is -2.40. The summed E-state index contributed by atoms with van der Waals surface area (Å²) in [7, 11) is 2.88. The van der Waals surface area contributed by atoms with Gasteiger partial charge in [-0.15, -0.1) is 6.42 Å². The number of methoxy groups -OCH3 is 2. The Hall–Kier alpha value is -3.72. The van der Waals surface area contributed by atoms with Crippen molar-refractivity contribution in [2.75, 3.05) is 27.4 Å². The number of phenols is 1. The Morgan fingerprint density at radius 3 is 2.62 bits per heavy atom. The smallest absolute Gasteiger partial charge is 0.338 e. The molecule has 2 heterocycles. The minimum absolute atomic E-state index is 0.00231. The first kappa shape index (κ1) is 29.3. The molecular weight excluding hydrogens is 624 g/mol. The van der Waals surface area contributed by atoms with Gasteiger partial charge in [-0.2, -0.15) is 0 Å². The number of terminal acetylenes is 1. The zero-order chi connectivity index (χ0) is 29.1. The molecule has 2 aromatic carbocycles. The first-order chi connectivity index (χ1) is 19.1. The van der Waals surface area contributed by atoms with Crippen LogP contribution in [0.15, 0.2) is 49.8 Å². The maximum Gasteiger partial charge on any atom is 0.338 e. The molecule has 0 bridgehead atoms. The van der Waals surface area contributed by atoms with E-state index in [0.29, 0.717) is 42.1 Å². The lowest BCUT2D eigenvalue weighted by Gasteiger charge is -2.25. The topological polar surface area (TPSA) is 109 Å². The highest BCUT2D eigenvalue weighted by atomic mass is 79.9. The Kier molecular flexibility index (Phi) is 8.93. The molecule has 12 heteroatoms. The number of aromatic nitrogens is 1. The zero-order valence-corrected chi connectivity index (χ0v) is 25.1. The summed E-state index contributed by atoms with van der Waals surface area (Å²) in [5.74, 6) is 2.49. The second-order valence-corrected chi connectivity index (χ2v) is 10.6. The van der Waals surface area contributed by atoms with Gasteiger partial charge >= 0.3 is 5.97 Å². The van der Waals surface area contributed by atoms with Crippen molar-refractivity contribution in [1.82, 2.24) is 4.57 Å². The second-order valence-electron chi connectivity index (χ2n) is 8.37. The maximum absolute atomic E-state index is 13.9. The molecule has 0 radical (unpaired) electrons. The van der Waals surface area contributed by atoms with E-state index in [1.165, 1.54) is 30.9 Å². The van der Waals surface area contributed by atoms with Crippen LogP contribution >= 0.6 is 38.9 Å². The highest BCUT2D eigenvalue weighted by Crippen LogP contribution is 2.40. The Bertz CT molecular complexity index is 1750. The fourth-order valence-electron chi connectivity index (χ4n) is 4.21. The minimum Gasteiger partial charge on any atom is -0.503 e. The summed E-state index contributed by atoms with van der Waals surface area (Å²) in [4.78, 5) is 32.0. The van der Waals surface area contributed by atoms with Crippen molar-refractivity contribution in [2.45, 2.75) is 19.9 Å². The van der Waals surface area contributed by atoms with Gasteiger partial charge in [-0.05, 0) is 55.3 Å². The van der Waals surface area contributed by atoms with Crippen LogP contribution in [-0.4, -0.2) is 43.1 Å². The van der Waals surface area contributed by atoms with Crippen LogP contribution in [0.4, 0.5) is 0 Å². The molecule has 0 aliphatic carbocycles. The quantitative estimate of drug-likeness (QED) is 0.292. The third-order valence-corrected chi connectivity index (χ3v) is 7.94. The van der Waals surface area contributed by atoms with Crippen LogP contribution in [0.3, 0.4) is 0 Å². The number of carbonyl (C=O) groups is 1. The van der Waals surface area contributed by atoms with Crippen molar-refractivity contribution >= 4 is 50.9 Å². The highest BCUT2D eigenvalue weighted by Gasteiger charge is 2.34. The van der Waals surface area contributed by atoms with E-state index in [9.17, 15) is 14.7 Å². The van der Waals surface area contributed by atoms with E-state index < -0.39 is 17.6 Å². The predicted octanol–water partition coefficient (Wildman–Crippen LogP) is 3.95. The minimum atomic E-state index is -0.943. The van der Waals surface area contributed by atoms with E-state index in [1.807, 2.05) is 0 Å². The number of thiazole rings is 1. The average Bonchev–Trinajstić information content (AvgIpc) is 3.23. The standard InChI is InChI=1S/C28H24BrClN2O7S/c1-6-8-39-20-13-17(29)15(10-19(20)36-4)12-22-26(34)32-24(16-9-18(30)25(33)21(11-16)37-5)23(27(35)38-7-2)14(3)31-28(32)40-22/h1,9-13,24,33H,7-8H2,2-5H3/b22-12-/t24-/m1/s1. The summed E-state index contributed by atoms with van der Waals surface area (Å²) < 4.78 is 24.0. The number of allylic oxidation sites excluding steroid dienone is 1. The number of fused-ring (bicyclic) bond motifs is 1. The normalized spacial score (nSPS) is 14.7. The number of carbonyl (C=O) groups excluding carboxylic acids is 1. The van der Waals surface area contributed by atoms with Crippen molar-refractivity contribution in [3.8, 4) is 35.3 Å². The van der Waals surface area contributed by atoms with E-state index in [0.717, 1.165) is 11.3 Å². The monoisotopic (exact) mass is 646 g/mol. The zero-order valence-electron chi connectivity index (χ0n) is 21.9. The Balaban J connectivity index is 1.96. The summed E-state index contributed by atoms with van der Waals surface area (Å²) in [6, 6.07) is 5.48. The number of phenolic OH excluding ortho intramolecular Hbond substituents is 1. The van der Waals surface area contributed by atoms with Crippen LogP contribution in [0, 0.1) is 12.3 Å². The summed E-state index contributed by atoms with van der Waals surface area (Å²) >= 11 is 11.0. The molecule has 1 N–H and O–H groups in total. The van der Waals surface area contributed by atoms with Crippen LogP contribution in [-0.2, 0) is 9.53 Å². The molecule has 208 valence electrons. The summed E-state index contributed by atoms with van der Waals surface area (Å²) in [6.07, 6.45) is 6.99. The van der Waals surface area contributed by atoms with Crippen LogP contribution in [0.25, 0.3) is 6.08 Å². The Labute approximate surface area is 247 Å². The first-order valence-corrected chi connectivity index (χ1v) is 13.8. The summed E-state index contributed by atoms with van der Waals surface area (Å²) in [5, 5.41) is 10.3. The van der Waals surface area contributed by atoms with Crippen LogP contribution < -0.4 is 29.1 Å². The predicted molar refractivity (Wildman–Crippen MR) is 155 cm³/mol. The third-order valence-electron chi connectivity index (χ3n) is 5.98. The highest BCUT2D eigenvalue weighted by molar-refractivity contribution is 9.10. The van der Waals surface area contributed by atoms with Crippen molar-refractivity contribution in [3.05, 3.63) is 75.8 Å². The Morgan fingerprint density at radius 1 is 1.25 bits per heavy atom. The first-order valence-electron chi connectivity index (χ1n) is 11.8. The molecule has 3 aromatic rings. The van der Waals surface area contributed by atoms with E-state index in [-0.39, 0.29) is 35.3 Å². The second kappa shape index (κ2) is 12.2. The largest absolute Gasteiger partial charge is 0.503 e. The molecule has 1 aromatic heterocycles. The van der Waals surface area contributed by atoms with E-state index in [2.05, 4.69) is 26.8 Å². The van der Waals surface area contributed by atoms with Gasteiger partial charge in [0.15, 0.2) is 27.8 Å². The number of ether oxygens (including phenoxy) is 4. The molecular formula is C28H24BrClN2O7S. The van der Waals surface area contributed by atoms with Gasteiger partial charge in [0, 0.05) is 4.47 Å². The Morgan fingerprint density at radius 2 is 1.98 bits per heavy atom. The van der Waals surface area contributed by atoms with Gasteiger partial charge in [0.25, 0.3) is 5.56 Å². The van der Waals surface area contributed by atoms with Crippen LogP contribution in [0.5, 0.6) is 23.0 Å². The molecule has 0 amide bonds. The van der Waals surface area contributed by atoms with Crippen molar-refractivity contribution in [1.29, 1.82) is 0 Å². The number of aromatic hydroxyl groups is 1. The van der Waals surface area contributed by atoms with Gasteiger partial charge < -0.3 is 24.1 Å². The van der Waals surface area contributed by atoms with E-state index in [4.69, 9.17) is 37.0 Å². The molecule has 4 rings (SSSR count). The van der Waals surface area contributed by atoms with Gasteiger partial charge in [-0.25, -0.2) is 9.79 Å². The number of halogens is 2. The SMILES string of the molecule is C#CCOc1cc(Br)c(/C=c2\sc3n(c2=O)[C@H](c2cc(Cl)c(O)c(OC)c2)C(C(=O)OCC)=C(C)N=3)cc1OC. The molecule has 0 fully saturated rings. The fourth-order valence-corrected chi connectivity index (χ4v) is 5.90. The van der Waals surface area contributed by atoms with Gasteiger partial charge in [0.05, 0.1) is 47.7 Å². The number of hydrogen-bond acceptors (Lipinski definition) is 9. The average molecular weight is 648 g/mol. The lowest BCUT2D eigenvalue weighted by atomic mass is 9.95. The molecule has 1 aliphatic rings. The molecule has 0 saturated heterocycles. The van der Waals surface area contributed by atoms with Gasteiger partial charge in [-0.1, -0.05) is 44.8 Å². The van der Waals surface area contributed by atoms with E-state index >= 15 is 0 Å². The van der Waals surface area contributed by atoms with Gasteiger partial charge in [0.2, 0.25) is 0 Å². The number of rotatable bonds is 8. The molecule has 1 aliphatic heterocycles. The number of nitrogens with zero attached hydrogens (tertiary/aromatic N) is 2. The van der Waals surface area contributed by atoms with Crippen molar-refractivity contribution in [2.24, 2.45) is 4.99 Å². The number of esters is 1. The summed E-state index contributed by atoms with van der Waals surface area (Å²) in [5.41, 5.74) is 1.23. The van der Waals surface area contributed by atoms with Gasteiger partial charge in [0.1, 0.15) is 6.61 Å².